The second-order valence-electron chi connectivity index (χ2n) is 8.24. The number of aromatic nitrogens is 6. The highest BCUT2D eigenvalue weighted by Gasteiger charge is 2.43. The van der Waals surface area contributed by atoms with Gasteiger partial charge in [0.05, 0.1) is 18.5 Å². The molecule has 0 saturated carbocycles. The van der Waals surface area contributed by atoms with Crippen LogP contribution >= 0.6 is 0 Å². The minimum Gasteiger partial charge on any atom is -0.480 e. The van der Waals surface area contributed by atoms with Crippen molar-refractivity contribution in [2.75, 3.05) is 0 Å². The van der Waals surface area contributed by atoms with Crippen LogP contribution in [-0.2, 0) is 27.3 Å². The van der Waals surface area contributed by atoms with Crippen molar-refractivity contribution in [1.29, 1.82) is 0 Å². The molecule has 5 N–H and O–H groups in total. The van der Waals surface area contributed by atoms with Gasteiger partial charge in [0.1, 0.15) is 42.3 Å². The lowest BCUT2D eigenvalue weighted by Gasteiger charge is -2.38. The van der Waals surface area contributed by atoms with Crippen LogP contribution in [0.15, 0.2) is 42.7 Å². The van der Waals surface area contributed by atoms with E-state index in [-0.39, 0.29) is 24.4 Å². The maximum absolute atomic E-state index is 12.4. The fourth-order valence-corrected chi connectivity index (χ4v) is 3.70. The van der Waals surface area contributed by atoms with Crippen LogP contribution in [0.5, 0.6) is 0 Å². The summed E-state index contributed by atoms with van der Waals surface area (Å²) in [7, 11) is 0. The number of carbonyl (C=O) groups excluding carboxylic acids is 1. The maximum Gasteiger partial charge on any atom is 0.326 e. The Morgan fingerprint density at radius 1 is 1.03 bits per heavy atom. The number of carbonyl (C=O) groups is 2. The van der Waals surface area contributed by atoms with Crippen LogP contribution < -0.4 is 5.32 Å². The molecule has 14 heteroatoms. The highest BCUT2D eigenvalue weighted by Crippen LogP contribution is 2.28. The minimum atomic E-state index is -1.44. The summed E-state index contributed by atoms with van der Waals surface area (Å²) in [6.07, 6.45) is -2.96. The molecule has 1 aliphatic heterocycles. The lowest BCUT2D eigenvalue weighted by atomic mass is 9.99. The van der Waals surface area contributed by atoms with Crippen LogP contribution in [0.3, 0.4) is 0 Å². The largest absolute Gasteiger partial charge is 0.480 e. The summed E-state index contributed by atoms with van der Waals surface area (Å²) in [6, 6.07) is 7.84. The summed E-state index contributed by atoms with van der Waals surface area (Å²) in [5, 5.41) is 57.7. The van der Waals surface area contributed by atoms with E-state index in [2.05, 4.69) is 25.9 Å². The molecule has 1 aliphatic rings. The first-order valence-corrected chi connectivity index (χ1v) is 10.8. The van der Waals surface area contributed by atoms with Gasteiger partial charge in [0, 0.05) is 6.42 Å². The molecule has 1 amide bonds. The molecular formula is C21H25N7O7. The van der Waals surface area contributed by atoms with Gasteiger partial charge in [-0.25, -0.2) is 14.2 Å². The molecule has 0 spiro atoms. The van der Waals surface area contributed by atoms with Crippen molar-refractivity contribution >= 4 is 11.9 Å². The quantitative estimate of drug-likeness (QED) is 0.244. The number of carboxylic acid groups (broad SMARTS) is 1. The normalized spacial score (nSPS) is 25.2. The van der Waals surface area contributed by atoms with E-state index >= 15 is 0 Å². The van der Waals surface area contributed by atoms with Crippen molar-refractivity contribution in [1.82, 2.24) is 35.3 Å². The zero-order chi connectivity index (χ0) is 25.1. The second-order valence-corrected chi connectivity index (χ2v) is 8.24. The number of nitrogens with zero attached hydrogens (tertiary/aromatic N) is 6. The Bertz CT molecular complexity index is 1170. The average Bonchev–Trinajstić information content (AvgIpc) is 3.50. The third-order valence-corrected chi connectivity index (χ3v) is 5.62. The van der Waals surface area contributed by atoms with Gasteiger partial charge in [0.15, 0.2) is 6.23 Å². The Hall–Kier alpha value is -3.72. The SMILES string of the molecule is C[C@H]1O[C@@H](n2cc(-c3cn(CC(=O)N[C@@H](Cc4ccccc4)C(=O)O)nn3)nn2)[C@H](O)[C@@H](O)[C@H]1O. The predicted octanol–water partition coefficient (Wildman–Crippen LogP) is -1.65. The number of rotatable bonds is 8. The van der Waals surface area contributed by atoms with Gasteiger partial charge in [0.2, 0.25) is 5.91 Å². The predicted molar refractivity (Wildman–Crippen MR) is 116 cm³/mol. The van der Waals surface area contributed by atoms with Crippen molar-refractivity contribution in [2.45, 2.75) is 56.6 Å². The number of amides is 1. The van der Waals surface area contributed by atoms with Gasteiger partial charge in [-0.15, -0.1) is 10.2 Å². The number of aliphatic hydroxyl groups is 3. The Balaban J connectivity index is 1.39. The molecule has 3 heterocycles. The molecule has 0 aliphatic carbocycles. The Morgan fingerprint density at radius 2 is 1.71 bits per heavy atom. The van der Waals surface area contributed by atoms with Crippen molar-refractivity contribution in [3.8, 4) is 11.4 Å². The molecule has 3 aromatic rings. The molecule has 0 unspecified atom stereocenters. The van der Waals surface area contributed by atoms with Crippen LogP contribution in [0.25, 0.3) is 11.4 Å². The van der Waals surface area contributed by atoms with Crippen LogP contribution in [0.1, 0.15) is 18.7 Å². The van der Waals surface area contributed by atoms with Gasteiger partial charge >= 0.3 is 5.97 Å². The highest BCUT2D eigenvalue weighted by molar-refractivity contribution is 5.83. The van der Waals surface area contributed by atoms with Crippen LogP contribution in [0.4, 0.5) is 0 Å². The number of hydrogen-bond acceptors (Lipinski definition) is 10. The highest BCUT2D eigenvalue weighted by atomic mass is 16.5. The van der Waals surface area contributed by atoms with Gasteiger partial charge in [-0.1, -0.05) is 40.8 Å². The summed E-state index contributed by atoms with van der Waals surface area (Å²) >= 11 is 0. The zero-order valence-corrected chi connectivity index (χ0v) is 18.6. The van der Waals surface area contributed by atoms with Gasteiger partial charge in [-0.2, -0.15) is 0 Å². The minimum absolute atomic E-state index is 0.132. The molecule has 2 aromatic heterocycles. The monoisotopic (exact) mass is 487 g/mol. The number of aliphatic hydroxyl groups excluding tert-OH is 3. The van der Waals surface area contributed by atoms with E-state index in [1.807, 2.05) is 6.07 Å². The fourth-order valence-electron chi connectivity index (χ4n) is 3.70. The van der Waals surface area contributed by atoms with E-state index in [0.717, 1.165) is 5.56 Å². The second kappa shape index (κ2) is 10.3. The third kappa shape index (κ3) is 5.51. The van der Waals surface area contributed by atoms with E-state index in [9.17, 15) is 30.0 Å². The number of aliphatic carboxylic acids is 1. The van der Waals surface area contributed by atoms with Crippen molar-refractivity contribution in [2.24, 2.45) is 0 Å². The van der Waals surface area contributed by atoms with Crippen LogP contribution in [-0.4, -0.2) is 92.7 Å². The number of ether oxygens (including phenoxy) is 1. The Labute approximate surface area is 198 Å². The molecule has 0 bridgehead atoms. The van der Waals surface area contributed by atoms with Crippen LogP contribution in [0, 0.1) is 0 Å². The van der Waals surface area contributed by atoms with Gasteiger partial charge in [-0.05, 0) is 12.5 Å². The molecule has 6 atom stereocenters. The maximum atomic E-state index is 12.4. The number of nitrogens with one attached hydrogen (secondary N) is 1. The van der Waals surface area contributed by atoms with Crippen molar-refractivity contribution < 1.29 is 34.8 Å². The first-order valence-electron chi connectivity index (χ1n) is 10.8. The van der Waals surface area contributed by atoms with Gasteiger partial charge < -0.3 is 30.5 Å². The summed E-state index contributed by atoms with van der Waals surface area (Å²) in [5.74, 6) is -1.72. The van der Waals surface area contributed by atoms with Gasteiger partial charge in [0.25, 0.3) is 0 Å². The molecule has 0 radical (unpaired) electrons. The van der Waals surface area contributed by atoms with E-state index in [1.165, 1.54) is 21.8 Å². The zero-order valence-electron chi connectivity index (χ0n) is 18.6. The first kappa shape index (κ1) is 24.4. The lowest BCUT2D eigenvalue weighted by Crippen LogP contribution is -2.54. The molecule has 14 nitrogen and oxygen atoms in total. The summed E-state index contributed by atoms with van der Waals surface area (Å²) in [4.78, 5) is 24.0. The average molecular weight is 487 g/mol. The Morgan fingerprint density at radius 3 is 2.43 bits per heavy atom. The van der Waals surface area contributed by atoms with E-state index in [1.54, 1.807) is 31.2 Å². The number of benzene rings is 1. The molecule has 35 heavy (non-hydrogen) atoms. The molecular weight excluding hydrogens is 462 g/mol. The summed E-state index contributed by atoms with van der Waals surface area (Å²) < 4.78 is 7.95. The van der Waals surface area contributed by atoms with Crippen molar-refractivity contribution in [3.63, 3.8) is 0 Å². The third-order valence-electron chi connectivity index (χ3n) is 5.62. The summed E-state index contributed by atoms with van der Waals surface area (Å²) in [6.45, 7) is 1.28. The fraction of sp³-hybridized carbons (Fsp3) is 0.429. The van der Waals surface area contributed by atoms with E-state index in [0.29, 0.717) is 0 Å². The molecule has 4 rings (SSSR count). The molecule has 1 fully saturated rings. The summed E-state index contributed by atoms with van der Waals surface area (Å²) in [5.41, 5.74) is 1.30. The topological polar surface area (TPSA) is 198 Å². The van der Waals surface area contributed by atoms with E-state index in [4.69, 9.17) is 4.74 Å². The smallest absolute Gasteiger partial charge is 0.326 e. The van der Waals surface area contributed by atoms with Crippen LogP contribution in [0.2, 0.25) is 0 Å². The lowest BCUT2D eigenvalue weighted by molar-refractivity contribution is -0.243. The molecule has 1 saturated heterocycles. The Kier molecular flexibility index (Phi) is 7.16. The molecule has 186 valence electrons. The van der Waals surface area contributed by atoms with Crippen molar-refractivity contribution in [3.05, 3.63) is 48.3 Å². The van der Waals surface area contributed by atoms with E-state index < -0.39 is 48.6 Å². The van der Waals surface area contributed by atoms with Gasteiger partial charge in [-0.3, -0.25) is 4.79 Å². The number of carboxylic acids is 1. The number of hydrogen-bond donors (Lipinski definition) is 5. The molecule has 1 aromatic carbocycles. The first-order chi connectivity index (χ1) is 16.7. The standard InChI is InChI=1S/C21H25N7O7/c1-11-17(30)18(31)19(32)20(35-11)28-9-15(24-26-28)14-8-27(25-23-14)10-16(29)22-13(21(33)34)7-12-5-3-2-4-6-12/h2-6,8-9,11,13,17-20,30-32H,7,10H2,1H3,(H,22,29)(H,33,34)/t11-,13+,17+,18+,19-,20-/m1/s1.